The first-order valence-corrected chi connectivity index (χ1v) is 9.02. The van der Waals surface area contributed by atoms with Gasteiger partial charge in [0.1, 0.15) is 5.01 Å². The molecule has 0 aliphatic carbocycles. The van der Waals surface area contributed by atoms with Crippen molar-refractivity contribution in [3.63, 3.8) is 0 Å². The topological polar surface area (TPSA) is 74.0 Å². The van der Waals surface area contributed by atoms with Gasteiger partial charge >= 0.3 is 5.97 Å². The average molecular weight is 362 g/mol. The van der Waals surface area contributed by atoms with Crippen LogP contribution in [0.4, 0.5) is 0 Å². The highest BCUT2D eigenvalue weighted by atomic mass is 32.1. The number of nitrogens with zero attached hydrogens (tertiary/aromatic N) is 2. The van der Waals surface area contributed by atoms with Crippen molar-refractivity contribution < 1.29 is 9.90 Å². The van der Waals surface area contributed by atoms with Gasteiger partial charge in [-0.25, -0.2) is 9.78 Å². The van der Waals surface area contributed by atoms with Gasteiger partial charge in [-0.1, -0.05) is 12.1 Å². The molecule has 2 heterocycles. The molecule has 2 aromatic heterocycles. The van der Waals surface area contributed by atoms with Gasteiger partial charge in [-0.3, -0.25) is 0 Å². The number of fused-ring (bicyclic) bond motifs is 1. The van der Waals surface area contributed by atoms with Crippen LogP contribution in [-0.2, 0) is 0 Å². The molecular formula is C19H10N2O2S2. The number of aromatic carboxylic acids is 1. The normalized spacial score (nSPS) is 10.7. The lowest BCUT2D eigenvalue weighted by Crippen LogP contribution is -1.94. The summed E-state index contributed by atoms with van der Waals surface area (Å²) in [5.74, 6) is -0.926. The van der Waals surface area contributed by atoms with Crippen LogP contribution in [0.3, 0.4) is 0 Å². The van der Waals surface area contributed by atoms with Gasteiger partial charge in [-0.15, -0.1) is 22.7 Å². The van der Waals surface area contributed by atoms with Gasteiger partial charge in [-0.2, -0.15) is 5.26 Å². The van der Waals surface area contributed by atoms with E-state index in [9.17, 15) is 4.79 Å². The van der Waals surface area contributed by atoms with Crippen LogP contribution in [0.5, 0.6) is 0 Å². The van der Waals surface area contributed by atoms with Crippen LogP contribution in [0.25, 0.3) is 30.5 Å². The number of hydrogen-bond acceptors (Lipinski definition) is 5. The summed E-state index contributed by atoms with van der Waals surface area (Å²) < 4.78 is 0.995. The Morgan fingerprint density at radius 2 is 1.76 bits per heavy atom. The molecule has 0 amide bonds. The zero-order chi connectivity index (χ0) is 17.4. The lowest BCUT2D eigenvalue weighted by Gasteiger charge is -1.98. The molecule has 0 saturated heterocycles. The van der Waals surface area contributed by atoms with Gasteiger partial charge in [0, 0.05) is 4.88 Å². The van der Waals surface area contributed by atoms with Crippen molar-refractivity contribution in [1.82, 2.24) is 4.98 Å². The Balaban J connectivity index is 1.69. The first kappa shape index (κ1) is 15.5. The zero-order valence-electron chi connectivity index (χ0n) is 12.8. The van der Waals surface area contributed by atoms with Crippen LogP contribution < -0.4 is 0 Å². The summed E-state index contributed by atoms with van der Waals surface area (Å²) in [6, 6.07) is 18.5. The zero-order valence-corrected chi connectivity index (χ0v) is 14.4. The number of carboxylic acid groups (broad SMARTS) is 1. The van der Waals surface area contributed by atoms with E-state index in [1.807, 2.05) is 36.4 Å². The van der Waals surface area contributed by atoms with Crippen LogP contribution in [0, 0.1) is 11.3 Å². The minimum Gasteiger partial charge on any atom is -0.478 e. The summed E-state index contributed by atoms with van der Waals surface area (Å²) in [6.07, 6.45) is 0. The molecular weight excluding hydrogens is 352 g/mol. The molecule has 2 aromatic carbocycles. The van der Waals surface area contributed by atoms with Crippen molar-refractivity contribution in [2.45, 2.75) is 0 Å². The first-order valence-electron chi connectivity index (χ1n) is 7.39. The molecule has 0 radical (unpaired) electrons. The SMILES string of the molecule is N#Cc1ccc2nc(-c3ccc(-c4ccc(C(=O)O)cc4)s3)sc2c1. The van der Waals surface area contributed by atoms with Gasteiger partial charge < -0.3 is 5.11 Å². The number of carbonyl (C=O) groups is 1. The van der Waals surface area contributed by atoms with E-state index in [0.717, 1.165) is 30.5 Å². The fraction of sp³-hybridized carbons (Fsp3) is 0. The van der Waals surface area contributed by atoms with Crippen molar-refractivity contribution in [2.75, 3.05) is 0 Å². The summed E-state index contributed by atoms with van der Waals surface area (Å²) in [7, 11) is 0. The molecule has 0 aliphatic heterocycles. The van der Waals surface area contributed by atoms with Crippen LogP contribution >= 0.6 is 22.7 Å². The van der Waals surface area contributed by atoms with E-state index in [2.05, 4.69) is 11.1 Å². The van der Waals surface area contributed by atoms with Crippen LogP contribution in [0.2, 0.25) is 0 Å². The Labute approximate surface area is 151 Å². The third-order valence-electron chi connectivity index (χ3n) is 3.75. The van der Waals surface area contributed by atoms with E-state index in [0.29, 0.717) is 5.56 Å². The number of nitriles is 1. The molecule has 120 valence electrons. The number of aromatic nitrogens is 1. The van der Waals surface area contributed by atoms with Gasteiger partial charge in [0.05, 0.1) is 32.3 Å². The smallest absolute Gasteiger partial charge is 0.335 e. The van der Waals surface area contributed by atoms with E-state index in [1.165, 1.54) is 0 Å². The minimum absolute atomic E-state index is 0.278. The molecule has 25 heavy (non-hydrogen) atoms. The fourth-order valence-corrected chi connectivity index (χ4v) is 4.56. The molecule has 1 N–H and O–H groups in total. The number of benzene rings is 2. The molecule has 0 saturated carbocycles. The minimum atomic E-state index is -0.926. The van der Waals surface area contributed by atoms with Crippen molar-refractivity contribution in [2.24, 2.45) is 0 Å². The van der Waals surface area contributed by atoms with Gasteiger partial charge in [-0.05, 0) is 48.0 Å². The highest BCUT2D eigenvalue weighted by Crippen LogP contribution is 2.38. The van der Waals surface area contributed by atoms with Gasteiger partial charge in [0.15, 0.2) is 0 Å². The molecule has 0 atom stereocenters. The van der Waals surface area contributed by atoms with Crippen molar-refractivity contribution in [3.05, 3.63) is 65.7 Å². The Morgan fingerprint density at radius 1 is 1.00 bits per heavy atom. The largest absolute Gasteiger partial charge is 0.478 e. The number of thiazole rings is 1. The summed E-state index contributed by atoms with van der Waals surface area (Å²) in [5.41, 5.74) is 2.78. The number of hydrogen-bond donors (Lipinski definition) is 1. The molecule has 0 spiro atoms. The second kappa shape index (κ2) is 6.13. The van der Waals surface area contributed by atoms with Gasteiger partial charge in [0.25, 0.3) is 0 Å². The van der Waals surface area contributed by atoms with E-state index in [4.69, 9.17) is 10.4 Å². The second-order valence-corrected chi connectivity index (χ2v) is 7.47. The summed E-state index contributed by atoms with van der Waals surface area (Å²) in [5, 5.41) is 18.9. The van der Waals surface area contributed by atoms with Crippen molar-refractivity contribution in [3.8, 4) is 26.4 Å². The summed E-state index contributed by atoms with van der Waals surface area (Å²) in [4.78, 5) is 17.7. The van der Waals surface area contributed by atoms with E-state index >= 15 is 0 Å². The summed E-state index contributed by atoms with van der Waals surface area (Å²) >= 11 is 3.18. The number of carboxylic acids is 1. The molecule has 6 heteroatoms. The van der Waals surface area contributed by atoms with Crippen LogP contribution in [0.15, 0.2) is 54.6 Å². The predicted molar refractivity (Wildman–Crippen MR) is 100 cm³/mol. The average Bonchev–Trinajstić information content (AvgIpc) is 3.27. The summed E-state index contributed by atoms with van der Waals surface area (Å²) in [6.45, 7) is 0. The molecule has 0 fully saturated rings. The Kier molecular flexibility index (Phi) is 3.80. The van der Waals surface area contributed by atoms with E-state index in [-0.39, 0.29) is 5.56 Å². The molecule has 0 bridgehead atoms. The van der Waals surface area contributed by atoms with Crippen molar-refractivity contribution >= 4 is 38.9 Å². The Morgan fingerprint density at radius 3 is 2.48 bits per heavy atom. The maximum Gasteiger partial charge on any atom is 0.335 e. The highest BCUT2D eigenvalue weighted by Gasteiger charge is 2.11. The fourth-order valence-electron chi connectivity index (χ4n) is 2.48. The quantitative estimate of drug-likeness (QED) is 0.539. The molecule has 0 unspecified atom stereocenters. The highest BCUT2D eigenvalue weighted by molar-refractivity contribution is 7.26. The van der Waals surface area contributed by atoms with Gasteiger partial charge in [0.2, 0.25) is 0 Å². The molecule has 4 aromatic rings. The maximum atomic E-state index is 10.9. The monoisotopic (exact) mass is 362 g/mol. The third kappa shape index (κ3) is 2.91. The van der Waals surface area contributed by atoms with E-state index in [1.54, 1.807) is 40.9 Å². The Hall–Kier alpha value is -3.01. The number of thiophene rings is 1. The van der Waals surface area contributed by atoms with Crippen molar-refractivity contribution in [1.29, 1.82) is 5.26 Å². The molecule has 0 aliphatic rings. The Bertz CT molecular complexity index is 1130. The molecule has 4 rings (SSSR count). The first-order chi connectivity index (χ1) is 12.1. The standard InChI is InChI=1S/C19H10N2O2S2/c20-10-11-1-6-14-17(9-11)25-18(21-14)16-8-7-15(24-16)12-2-4-13(5-3-12)19(22)23/h1-9H,(H,22,23). The number of rotatable bonds is 3. The predicted octanol–water partition coefficient (Wildman–Crippen LogP) is 5.26. The van der Waals surface area contributed by atoms with E-state index < -0.39 is 5.97 Å². The lowest BCUT2D eigenvalue weighted by molar-refractivity contribution is 0.0697. The second-order valence-electron chi connectivity index (χ2n) is 5.36. The maximum absolute atomic E-state index is 10.9. The van der Waals surface area contributed by atoms with Crippen LogP contribution in [-0.4, -0.2) is 16.1 Å². The molecule has 4 nitrogen and oxygen atoms in total. The third-order valence-corrected chi connectivity index (χ3v) is 6.07. The lowest BCUT2D eigenvalue weighted by atomic mass is 10.1. The van der Waals surface area contributed by atoms with Crippen LogP contribution in [0.1, 0.15) is 15.9 Å².